The molecular formula is C65H92O19. The van der Waals surface area contributed by atoms with Gasteiger partial charge in [0.15, 0.2) is 23.0 Å². The average molecular weight is 1180 g/mol. The van der Waals surface area contributed by atoms with Gasteiger partial charge in [-0.05, 0) is 152 Å². The first kappa shape index (κ1) is 69.8. The number of carbonyl (C=O) groups excluding carboxylic acids is 2. The lowest BCUT2D eigenvalue weighted by atomic mass is 9.65. The van der Waals surface area contributed by atoms with Crippen LogP contribution < -0.4 is 28.4 Å². The molecule has 0 atom stereocenters. The second-order valence-corrected chi connectivity index (χ2v) is 19.6. The summed E-state index contributed by atoms with van der Waals surface area (Å²) in [4.78, 5) is 58.4. The first-order valence-electron chi connectivity index (χ1n) is 29.4. The molecule has 0 heterocycles. The van der Waals surface area contributed by atoms with Crippen molar-refractivity contribution in [1.82, 2.24) is 0 Å². The minimum absolute atomic E-state index is 0.291. The first-order valence-corrected chi connectivity index (χ1v) is 29.4. The van der Waals surface area contributed by atoms with Gasteiger partial charge in [0.05, 0.1) is 98.1 Å². The zero-order valence-corrected chi connectivity index (χ0v) is 49.4. The molecule has 19 heteroatoms. The maximum absolute atomic E-state index is 13.8. The summed E-state index contributed by atoms with van der Waals surface area (Å²) in [5.41, 5.74) is -0.202. The van der Waals surface area contributed by atoms with Crippen molar-refractivity contribution in [1.29, 1.82) is 0 Å². The number of rotatable bonds is 54. The standard InChI is InChI=1S/C65H92O19/c1-7-39-77-80-51-22-19-46-72-57-30-26-54(60(73-47-17-14-43-69-11-5)63(57)76-50-21-24-53-82-79-41-9-3)27-31-58(66)83-64-33-36-65(37-34-64,38-35-64)84-59(67)32-28-55-25-29-56(71-45-16-13-42-68-10-4)62(75-49-18-15-44-70-12-6)61(55)74-48-20-23-52-81-78-40-8-2/h7-12,25-32H,1-6,13-24,33-53H2/b31-27+,32-28+. The molecule has 0 amide bonds. The van der Waals surface area contributed by atoms with Crippen molar-refractivity contribution >= 4 is 24.1 Å². The SMILES string of the molecule is C=CCOOCCCCOc1ccc(/C=C/C(=O)OC23CCC(OC(=O)/C=C/c4ccc(OCCCCOC=C)c(OCCCCOC=C)c4OCCCCOOCC=C)(CC2)CC3)c(OCCCCOC=C)c1OCCCCOOCC=C. The van der Waals surface area contributed by atoms with Gasteiger partial charge in [0, 0.05) is 23.3 Å². The Morgan fingerprint density at radius 1 is 0.357 bits per heavy atom. The van der Waals surface area contributed by atoms with Gasteiger partial charge in [-0.25, -0.2) is 38.9 Å². The molecule has 0 N–H and O–H groups in total. The molecule has 3 aliphatic rings. The molecule has 0 unspecified atom stereocenters. The Hall–Kier alpha value is -6.74. The summed E-state index contributed by atoms with van der Waals surface area (Å²) in [6, 6.07) is 7.29. The van der Waals surface area contributed by atoms with Crippen LogP contribution in [-0.2, 0) is 62.6 Å². The van der Waals surface area contributed by atoms with Crippen LogP contribution in [0.25, 0.3) is 12.2 Å². The van der Waals surface area contributed by atoms with Gasteiger partial charge in [0.1, 0.15) is 31.0 Å². The average Bonchev–Trinajstić information content (AvgIpc) is 2.69. The maximum atomic E-state index is 13.8. The number of benzene rings is 2. The Morgan fingerprint density at radius 3 is 0.952 bits per heavy atom. The van der Waals surface area contributed by atoms with Crippen LogP contribution in [0.15, 0.2) is 113 Å². The van der Waals surface area contributed by atoms with Crippen molar-refractivity contribution in [3.05, 3.63) is 124 Å². The summed E-state index contributed by atoms with van der Waals surface area (Å²) in [6.45, 7) is 27.5. The number of ether oxygens (including phenoxy) is 11. The Kier molecular flexibility index (Phi) is 36.4. The van der Waals surface area contributed by atoms with E-state index in [1.165, 1.54) is 30.9 Å². The lowest BCUT2D eigenvalue weighted by Gasteiger charge is -2.51. The molecule has 3 fully saturated rings. The number of fused-ring (bicyclic) bond motifs is 3. The number of unbranched alkanes of at least 4 members (excludes halogenated alkanes) is 6. The molecule has 3 aliphatic carbocycles. The van der Waals surface area contributed by atoms with E-state index >= 15 is 0 Å². The first-order chi connectivity index (χ1) is 41.3. The van der Waals surface area contributed by atoms with Crippen LogP contribution in [0.1, 0.15) is 127 Å². The Labute approximate surface area is 497 Å². The molecule has 0 aliphatic heterocycles. The lowest BCUT2D eigenvalue weighted by molar-refractivity contribution is -0.286. The van der Waals surface area contributed by atoms with E-state index in [9.17, 15) is 9.59 Å². The van der Waals surface area contributed by atoms with Crippen molar-refractivity contribution < 1.29 is 91.0 Å². The molecule has 3 saturated carbocycles. The lowest BCUT2D eigenvalue weighted by Crippen LogP contribution is -2.53. The molecule has 0 saturated heterocycles. The van der Waals surface area contributed by atoms with Gasteiger partial charge < -0.3 is 52.1 Å². The van der Waals surface area contributed by atoms with E-state index in [-0.39, 0.29) is 0 Å². The van der Waals surface area contributed by atoms with Crippen LogP contribution in [0.5, 0.6) is 34.5 Å². The van der Waals surface area contributed by atoms with E-state index in [2.05, 4.69) is 39.5 Å². The molecule has 2 aromatic carbocycles. The van der Waals surface area contributed by atoms with Gasteiger partial charge in [-0.15, -0.1) is 19.7 Å². The quantitative estimate of drug-likeness (QED) is 0.0115. The third kappa shape index (κ3) is 27.8. The van der Waals surface area contributed by atoms with E-state index in [1.54, 1.807) is 30.4 Å². The zero-order valence-electron chi connectivity index (χ0n) is 49.4. The largest absolute Gasteiger partial charge is 0.502 e. The predicted octanol–water partition coefficient (Wildman–Crippen LogP) is 13.2. The van der Waals surface area contributed by atoms with Crippen LogP contribution in [-0.4, -0.2) is 122 Å². The van der Waals surface area contributed by atoms with E-state index < -0.39 is 23.1 Å². The Morgan fingerprint density at radius 2 is 0.643 bits per heavy atom. The number of carbonyl (C=O) groups is 2. The second-order valence-electron chi connectivity index (χ2n) is 19.6. The highest BCUT2D eigenvalue weighted by atomic mass is 17.2. The van der Waals surface area contributed by atoms with Crippen molar-refractivity contribution in [2.75, 3.05) is 99.1 Å². The van der Waals surface area contributed by atoms with Crippen molar-refractivity contribution in [3.63, 3.8) is 0 Å². The van der Waals surface area contributed by atoms with Crippen molar-refractivity contribution in [2.45, 2.75) is 127 Å². The number of hydrogen-bond donors (Lipinski definition) is 0. The minimum atomic E-state index is -0.706. The van der Waals surface area contributed by atoms with Gasteiger partial charge in [-0.3, -0.25) is 0 Å². The fourth-order valence-electron chi connectivity index (χ4n) is 8.84. The third-order valence-corrected chi connectivity index (χ3v) is 13.3. The Bertz CT molecular complexity index is 2270. The highest BCUT2D eigenvalue weighted by Gasteiger charge is 2.52. The van der Waals surface area contributed by atoms with Crippen LogP contribution in [0.2, 0.25) is 0 Å². The smallest absolute Gasteiger partial charge is 0.331 e. The maximum Gasteiger partial charge on any atom is 0.331 e. The molecule has 0 radical (unpaired) electrons. The van der Waals surface area contributed by atoms with Gasteiger partial charge in [-0.2, -0.15) is 0 Å². The normalized spacial score (nSPS) is 16.1. The number of hydrogen-bond acceptors (Lipinski definition) is 19. The highest BCUT2D eigenvalue weighted by molar-refractivity contribution is 5.89. The predicted molar refractivity (Wildman–Crippen MR) is 319 cm³/mol. The van der Waals surface area contributed by atoms with E-state index in [4.69, 9.17) is 81.4 Å². The summed E-state index contributed by atoms with van der Waals surface area (Å²) in [5.74, 6) is 1.71. The molecule has 2 aromatic rings. The molecule has 0 spiro atoms. The molecule has 84 heavy (non-hydrogen) atoms. The van der Waals surface area contributed by atoms with Gasteiger partial charge in [-0.1, -0.05) is 38.0 Å². The zero-order chi connectivity index (χ0) is 60.0. The summed E-state index contributed by atoms with van der Waals surface area (Å²) in [7, 11) is 0. The molecule has 5 rings (SSSR count). The summed E-state index contributed by atoms with van der Waals surface area (Å²) >= 11 is 0. The van der Waals surface area contributed by atoms with Crippen LogP contribution in [0.4, 0.5) is 0 Å². The fourth-order valence-corrected chi connectivity index (χ4v) is 8.84. The van der Waals surface area contributed by atoms with Crippen LogP contribution >= 0.6 is 0 Å². The molecular weight excluding hydrogens is 1080 g/mol. The second kappa shape index (κ2) is 43.8. The van der Waals surface area contributed by atoms with Crippen molar-refractivity contribution in [3.8, 4) is 34.5 Å². The highest BCUT2D eigenvalue weighted by Crippen LogP contribution is 2.51. The fraction of sp³-hybridized carbons (Fsp3) is 0.538. The van der Waals surface area contributed by atoms with E-state index in [1.807, 2.05) is 24.3 Å². The van der Waals surface area contributed by atoms with Gasteiger partial charge in [0.2, 0.25) is 11.5 Å². The summed E-state index contributed by atoms with van der Waals surface area (Å²) < 4.78 is 66.7. The Balaban J connectivity index is 1.47. The van der Waals surface area contributed by atoms with Crippen LogP contribution in [0, 0.1) is 0 Å². The third-order valence-electron chi connectivity index (χ3n) is 13.3. The summed E-state index contributed by atoms with van der Waals surface area (Å²) in [6.07, 6.45) is 26.9. The number of esters is 2. The minimum Gasteiger partial charge on any atom is -0.502 e. The topological polar surface area (TPSA) is 191 Å². The van der Waals surface area contributed by atoms with Crippen LogP contribution in [0.3, 0.4) is 0 Å². The molecule has 0 aromatic heterocycles. The summed E-state index contributed by atoms with van der Waals surface area (Å²) in [5, 5.41) is 0. The van der Waals surface area contributed by atoms with Gasteiger partial charge in [0.25, 0.3) is 0 Å². The van der Waals surface area contributed by atoms with Crippen molar-refractivity contribution in [2.24, 2.45) is 0 Å². The van der Waals surface area contributed by atoms with Gasteiger partial charge >= 0.3 is 11.9 Å². The molecule has 2 bridgehead atoms. The monoisotopic (exact) mass is 1180 g/mol. The molecule has 466 valence electrons. The van der Waals surface area contributed by atoms with E-state index in [0.717, 1.165) is 25.7 Å². The molecule has 19 nitrogen and oxygen atoms in total. The van der Waals surface area contributed by atoms with E-state index in [0.29, 0.717) is 235 Å².